The number of fused-ring (bicyclic) bond motifs is 3. The number of aryl methyl sites for hydroxylation is 1. The Hall–Kier alpha value is -2.90. The molecule has 3 fully saturated rings. The first-order valence-corrected chi connectivity index (χ1v) is 15.6. The average Bonchev–Trinajstić information content (AvgIpc) is 3.63. The van der Waals surface area contributed by atoms with Crippen molar-refractivity contribution in [3.8, 4) is 0 Å². The molecule has 3 saturated heterocycles. The zero-order valence-electron chi connectivity index (χ0n) is 23.1. The van der Waals surface area contributed by atoms with Crippen LogP contribution in [0.5, 0.6) is 0 Å². The Balaban J connectivity index is 1.08. The molecular weight excluding hydrogens is 564 g/mol. The third-order valence-electron chi connectivity index (χ3n) is 9.75. The summed E-state index contributed by atoms with van der Waals surface area (Å²) in [5.41, 5.74) is 3.77. The number of hydrogen-bond acceptors (Lipinski definition) is 4. The van der Waals surface area contributed by atoms with Gasteiger partial charge in [0.15, 0.2) is 10.4 Å². The van der Waals surface area contributed by atoms with E-state index in [1.165, 1.54) is 36.8 Å². The number of carbonyl (C=O) groups is 1. The highest BCUT2D eigenvalue weighted by Crippen LogP contribution is 2.43. The molecule has 6 nitrogen and oxygen atoms in total. The van der Waals surface area contributed by atoms with Crippen LogP contribution in [0.4, 0.5) is 0 Å². The molecule has 0 aliphatic carbocycles. The number of piperidine rings is 2. The van der Waals surface area contributed by atoms with E-state index in [0.717, 1.165) is 43.7 Å². The maximum Gasteiger partial charge on any atom is 0.289 e. The number of imidazole rings is 1. The molecule has 7 rings (SSSR count). The summed E-state index contributed by atoms with van der Waals surface area (Å²) in [4.78, 5) is 23.3. The molecule has 3 aliphatic heterocycles. The first-order valence-electron chi connectivity index (χ1n) is 14.9. The van der Waals surface area contributed by atoms with Crippen molar-refractivity contribution in [2.24, 2.45) is 0 Å². The molecule has 0 spiro atoms. The van der Waals surface area contributed by atoms with Crippen molar-refractivity contribution < 1.29 is 9.21 Å². The van der Waals surface area contributed by atoms with E-state index in [9.17, 15) is 4.79 Å². The van der Waals surface area contributed by atoms with Gasteiger partial charge in [0.05, 0.1) is 11.0 Å². The van der Waals surface area contributed by atoms with E-state index in [2.05, 4.69) is 91.8 Å². The second-order valence-corrected chi connectivity index (χ2v) is 12.7. The summed E-state index contributed by atoms with van der Waals surface area (Å²) in [7, 11) is 0. The number of likely N-dealkylation sites (tertiary alicyclic amines) is 1. The first-order chi connectivity index (χ1) is 19.5. The predicted molar refractivity (Wildman–Crippen MR) is 161 cm³/mol. The minimum absolute atomic E-state index is 0.0198. The Morgan fingerprint density at radius 3 is 2.42 bits per heavy atom. The van der Waals surface area contributed by atoms with Crippen molar-refractivity contribution in [2.75, 3.05) is 13.1 Å². The summed E-state index contributed by atoms with van der Waals surface area (Å²) in [6, 6.07) is 24.9. The first kappa shape index (κ1) is 26.0. The van der Waals surface area contributed by atoms with Gasteiger partial charge in [0.2, 0.25) is 0 Å². The molecule has 5 heterocycles. The fraction of sp³-hybridized carbons (Fsp3) is 0.455. The van der Waals surface area contributed by atoms with Crippen molar-refractivity contribution in [3.63, 3.8) is 0 Å². The minimum Gasteiger partial charge on any atom is -0.444 e. The molecule has 3 aliphatic rings. The smallest absolute Gasteiger partial charge is 0.289 e. The molecule has 2 aromatic carbocycles. The Labute approximate surface area is 244 Å². The Bertz CT molecular complexity index is 1480. The quantitative estimate of drug-likeness (QED) is 0.232. The number of aromatic nitrogens is 2. The lowest BCUT2D eigenvalue weighted by molar-refractivity contribution is 0.0476. The van der Waals surface area contributed by atoms with Gasteiger partial charge in [-0.05, 0) is 104 Å². The normalized spacial score (nSPS) is 26.9. The summed E-state index contributed by atoms with van der Waals surface area (Å²) in [6.45, 7) is 3.97. The number of furan rings is 1. The maximum absolute atomic E-state index is 13.6. The lowest BCUT2D eigenvalue weighted by Crippen LogP contribution is -2.49. The van der Waals surface area contributed by atoms with Gasteiger partial charge in [0, 0.05) is 37.3 Å². The van der Waals surface area contributed by atoms with Crippen LogP contribution in [0.25, 0.3) is 11.0 Å². The van der Waals surface area contributed by atoms with Gasteiger partial charge < -0.3 is 13.9 Å². The summed E-state index contributed by atoms with van der Waals surface area (Å²) in [5, 5.41) is 0. The molecule has 2 bridgehead atoms. The fourth-order valence-corrected chi connectivity index (χ4v) is 8.24. The van der Waals surface area contributed by atoms with E-state index in [4.69, 9.17) is 9.40 Å². The Morgan fingerprint density at radius 2 is 1.68 bits per heavy atom. The largest absolute Gasteiger partial charge is 0.444 e. The van der Waals surface area contributed by atoms with Crippen molar-refractivity contribution in [1.82, 2.24) is 19.4 Å². The van der Waals surface area contributed by atoms with Crippen LogP contribution in [0, 0.1) is 6.92 Å². The molecule has 40 heavy (non-hydrogen) atoms. The number of rotatable bonds is 6. The summed E-state index contributed by atoms with van der Waals surface area (Å²) >= 11 is 3.37. The van der Waals surface area contributed by atoms with Gasteiger partial charge in [-0.1, -0.05) is 42.5 Å². The topological polar surface area (TPSA) is 54.5 Å². The minimum atomic E-state index is 0.0198. The standard InChI is InChI=1S/C33H37BrN4O2/c1-22-35-29-9-5-6-10-30(29)38(22)28-20-25-11-12-26(21-28)36(25)18-16-27-19-24(23-7-3-2-4-8-23)15-17-37(27)33(39)31-13-14-32(34)40-31/h2-10,13-14,24-28H,11-12,15-21H2,1H3/t24?,25-,26+,27?,28?. The second-order valence-electron chi connectivity index (χ2n) is 11.9. The Morgan fingerprint density at radius 1 is 0.925 bits per heavy atom. The van der Waals surface area contributed by atoms with Gasteiger partial charge in [0.25, 0.3) is 5.91 Å². The van der Waals surface area contributed by atoms with E-state index in [0.29, 0.717) is 34.5 Å². The molecule has 0 saturated carbocycles. The molecule has 5 atom stereocenters. The van der Waals surface area contributed by atoms with Gasteiger partial charge in [-0.3, -0.25) is 9.69 Å². The third-order valence-corrected chi connectivity index (χ3v) is 10.2. The highest BCUT2D eigenvalue weighted by molar-refractivity contribution is 9.10. The van der Waals surface area contributed by atoms with Gasteiger partial charge in [-0.15, -0.1) is 0 Å². The highest BCUT2D eigenvalue weighted by atomic mass is 79.9. The van der Waals surface area contributed by atoms with Gasteiger partial charge in [0.1, 0.15) is 5.82 Å². The third kappa shape index (κ3) is 4.81. The number of para-hydroxylation sites is 2. The zero-order valence-corrected chi connectivity index (χ0v) is 24.7. The van der Waals surface area contributed by atoms with Crippen molar-refractivity contribution in [1.29, 1.82) is 0 Å². The maximum atomic E-state index is 13.6. The fourth-order valence-electron chi connectivity index (χ4n) is 7.94. The van der Waals surface area contributed by atoms with Crippen molar-refractivity contribution in [2.45, 2.75) is 82.0 Å². The highest BCUT2D eigenvalue weighted by Gasteiger charge is 2.42. The van der Waals surface area contributed by atoms with Crippen LogP contribution in [-0.2, 0) is 0 Å². The van der Waals surface area contributed by atoms with E-state index < -0.39 is 0 Å². The van der Waals surface area contributed by atoms with Crippen LogP contribution >= 0.6 is 15.9 Å². The number of halogens is 1. The number of hydrogen-bond donors (Lipinski definition) is 0. The molecule has 0 radical (unpaired) electrons. The number of nitrogens with zero attached hydrogens (tertiary/aromatic N) is 4. The van der Waals surface area contributed by atoms with Crippen LogP contribution in [0.15, 0.2) is 75.8 Å². The van der Waals surface area contributed by atoms with Gasteiger partial charge in [-0.2, -0.15) is 0 Å². The molecule has 208 valence electrons. The molecule has 3 unspecified atom stereocenters. The lowest BCUT2D eigenvalue weighted by atomic mass is 9.83. The zero-order chi connectivity index (χ0) is 27.2. The van der Waals surface area contributed by atoms with Gasteiger partial charge in [-0.25, -0.2) is 4.98 Å². The van der Waals surface area contributed by atoms with E-state index in [-0.39, 0.29) is 11.9 Å². The van der Waals surface area contributed by atoms with E-state index >= 15 is 0 Å². The van der Waals surface area contributed by atoms with Crippen LogP contribution < -0.4 is 0 Å². The summed E-state index contributed by atoms with van der Waals surface area (Å²) in [6.07, 6.45) is 7.89. The molecule has 2 aromatic heterocycles. The van der Waals surface area contributed by atoms with Crippen LogP contribution in [0.1, 0.15) is 78.8 Å². The van der Waals surface area contributed by atoms with Crippen LogP contribution in [0.2, 0.25) is 0 Å². The molecule has 0 N–H and O–H groups in total. The van der Waals surface area contributed by atoms with Crippen LogP contribution in [-0.4, -0.2) is 56.5 Å². The van der Waals surface area contributed by atoms with Crippen LogP contribution in [0.3, 0.4) is 0 Å². The number of carbonyl (C=O) groups excluding carboxylic acids is 1. The molecular formula is C33H37BrN4O2. The molecule has 1 amide bonds. The second kappa shape index (κ2) is 10.8. The predicted octanol–water partition coefficient (Wildman–Crippen LogP) is 7.35. The number of benzene rings is 2. The van der Waals surface area contributed by atoms with Crippen molar-refractivity contribution >= 4 is 32.9 Å². The van der Waals surface area contributed by atoms with Crippen molar-refractivity contribution in [3.05, 3.63) is 88.5 Å². The lowest BCUT2D eigenvalue weighted by Gasteiger charge is -2.43. The molecule has 4 aromatic rings. The monoisotopic (exact) mass is 600 g/mol. The SMILES string of the molecule is Cc1nc2ccccc2n1C1C[C@H]2CC[C@@H](C1)N2CCC1CC(c2ccccc2)CCN1C(=O)c1ccc(Br)o1. The number of amides is 1. The molecule has 7 heteroatoms. The average molecular weight is 602 g/mol. The Kier molecular flexibility index (Phi) is 7.04. The van der Waals surface area contributed by atoms with E-state index in [1.807, 2.05) is 6.07 Å². The van der Waals surface area contributed by atoms with Gasteiger partial charge >= 0.3 is 0 Å². The summed E-state index contributed by atoms with van der Waals surface area (Å²) < 4.78 is 8.80. The van der Waals surface area contributed by atoms with E-state index in [1.54, 1.807) is 6.07 Å². The summed E-state index contributed by atoms with van der Waals surface area (Å²) in [5.74, 6) is 2.07.